The number of carboxylic acid groups (broad SMARTS) is 2. The molecule has 9 N–H and O–H groups in total. The molecule has 4 heterocycles. The van der Waals surface area contributed by atoms with Gasteiger partial charge in [-0.05, 0) is 80.2 Å². The monoisotopic (exact) mass is 886 g/mol. The average Bonchev–Trinajstić information content (AvgIpc) is 4.10. The van der Waals surface area contributed by atoms with Crippen LogP contribution in [-0.4, -0.2) is 144 Å². The zero-order valence-electron chi connectivity index (χ0n) is 36.0. The van der Waals surface area contributed by atoms with Crippen LogP contribution >= 0.6 is 0 Å². The van der Waals surface area contributed by atoms with Crippen molar-refractivity contribution in [3.63, 3.8) is 0 Å². The number of aromatic nitrogens is 1. The first kappa shape index (κ1) is 47.0. The number of carbonyl (C=O) groups excluding carboxylic acids is 6. The Labute approximate surface area is 370 Å². The maximum Gasteiger partial charge on any atom is 0.326 e. The summed E-state index contributed by atoms with van der Waals surface area (Å²) in [6, 6.07) is 5.36. The third kappa shape index (κ3) is 11.2. The van der Waals surface area contributed by atoms with Gasteiger partial charge in [0.2, 0.25) is 35.4 Å². The number of nitrogens with two attached hydrogens (primary N) is 1. The van der Waals surface area contributed by atoms with Gasteiger partial charge in [0.1, 0.15) is 42.0 Å². The first-order chi connectivity index (χ1) is 30.5. The van der Waals surface area contributed by atoms with Crippen LogP contribution in [0.15, 0.2) is 54.7 Å². The molecule has 6 rings (SSSR count). The number of para-hydroxylation sites is 1. The molecule has 3 aromatic rings. The van der Waals surface area contributed by atoms with E-state index in [0.29, 0.717) is 36.8 Å². The molecule has 3 saturated heterocycles. The van der Waals surface area contributed by atoms with Gasteiger partial charge in [-0.1, -0.05) is 44.2 Å². The van der Waals surface area contributed by atoms with Crippen LogP contribution < -0.4 is 21.7 Å². The summed E-state index contributed by atoms with van der Waals surface area (Å²) in [5.41, 5.74) is 7.91. The van der Waals surface area contributed by atoms with E-state index in [-0.39, 0.29) is 63.4 Å². The van der Waals surface area contributed by atoms with Gasteiger partial charge in [0.05, 0.1) is 12.5 Å². The van der Waals surface area contributed by atoms with E-state index in [1.807, 2.05) is 38.1 Å². The first-order valence-electron chi connectivity index (χ1n) is 21.9. The van der Waals surface area contributed by atoms with Crippen LogP contribution in [0.5, 0.6) is 5.75 Å². The minimum absolute atomic E-state index is 0.0150. The van der Waals surface area contributed by atoms with Gasteiger partial charge in [-0.25, -0.2) is 4.79 Å². The van der Waals surface area contributed by atoms with Crippen LogP contribution in [0.3, 0.4) is 0 Å². The van der Waals surface area contributed by atoms with Crippen molar-refractivity contribution in [1.82, 2.24) is 35.6 Å². The average molecular weight is 887 g/mol. The molecule has 3 aliphatic heterocycles. The lowest BCUT2D eigenvalue weighted by atomic mass is 10.0. The van der Waals surface area contributed by atoms with Crippen LogP contribution in [0.1, 0.15) is 76.3 Å². The highest BCUT2D eigenvalue weighted by Gasteiger charge is 2.44. The Morgan fingerprint density at radius 2 is 1.22 bits per heavy atom. The fourth-order valence-corrected chi connectivity index (χ4v) is 9.07. The topological polar surface area (TPSA) is 285 Å². The van der Waals surface area contributed by atoms with Crippen molar-refractivity contribution in [2.45, 2.75) is 120 Å². The van der Waals surface area contributed by atoms with Crippen molar-refractivity contribution in [3.8, 4) is 5.75 Å². The van der Waals surface area contributed by atoms with Gasteiger partial charge in [0.25, 0.3) is 0 Å². The van der Waals surface area contributed by atoms with E-state index < -0.39 is 96.1 Å². The summed E-state index contributed by atoms with van der Waals surface area (Å²) in [6.07, 6.45) is 3.46. The molecule has 0 spiro atoms. The number of benzene rings is 2. The number of hydrogen-bond acceptors (Lipinski definition) is 10. The Hall–Kier alpha value is -6.50. The number of aromatic hydroxyl groups is 1. The highest BCUT2D eigenvalue weighted by molar-refractivity contribution is 5.98. The minimum Gasteiger partial charge on any atom is -0.508 e. The number of phenolic OH excluding ortho intramolecular Hbond substituents is 1. The largest absolute Gasteiger partial charge is 0.508 e. The minimum atomic E-state index is -1.46. The zero-order valence-corrected chi connectivity index (χ0v) is 36.0. The van der Waals surface area contributed by atoms with Crippen molar-refractivity contribution in [1.29, 1.82) is 0 Å². The number of hydrogen-bond donors (Lipinski definition) is 8. The van der Waals surface area contributed by atoms with E-state index in [1.54, 1.807) is 18.3 Å². The second kappa shape index (κ2) is 20.8. The van der Waals surface area contributed by atoms with Gasteiger partial charge in [-0.2, -0.15) is 0 Å². The molecule has 7 atom stereocenters. The van der Waals surface area contributed by atoms with Gasteiger partial charge < -0.3 is 56.7 Å². The van der Waals surface area contributed by atoms with E-state index in [9.17, 15) is 53.7 Å². The van der Waals surface area contributed by atoms with Gasteiger partial charge in [-0.15, -0.1) is 0 Å². The van der Waals surface area contributed by atoms with Crippen LogP contribution in [0.25, 0.3) is 10.9 Å². The number of rotatable bonds is 18. The summed E-state index contributed by atoms with van der Waals surface area (Å²) in [5.74, 6) is -6.23. The van der Waals surface area contributed by atoms with Crippen LogP contribution in [-0.2, 0) is 51.2 Å². The summed E-state index contributed by atoms with van der Waals surface area (Å²) in [7, 11) is 0. The van der Waals surface area contributed by atoms with Gasteiger partial charge in [0, 0.05) is 49.6 Å². The molecule has 6 amide bonds. The van der Waals surface area contributed by atoms with Gasteiger partial charge >= 0.3 is 11.9 Å². The first-order valence-corrected chi connectivity index (χ1v) is 21.9. The van der Waals surface area contributed by atoms with Crippen LogP contribution in [0, 0.1) is 5.92 Å². The van der Waals surface area contributed by atoms with E-state index in [1.165, 1.54) is 26.8 Å². The number of aliphatic carboxylic acids is 2. The number of H-pyrrole nitrogens is 1. The maximum absolute atomic E-state index is 14.8. The van der Waals surface area contributed by atoms with Crippen molar-refractivity contribution in [2.24, 2.45) is 11.7 Å². The zero-order chi connectivity index (χ0) is 46.2. The van der Waals surface area contributed by atoms with Crippen molar-refractivity contribution < 1.29 is 53.7 Å². The predicted molar refractivity (Wildman–Crippen MR) is 231 cm³/mol. The van der Waals surface area contributed by atoms with Crippen LogP contribution in [0.4, 0.5) is 0 Å². The Morgan fingerprint density at radius 3 is 1.78 bits per heavy atom. The standard InChI is InChI=1S/C45H58N8O11/c1-25(2)20-32(42(60)53-19-7-12-37(53)45(63)64)49-40(58)35-10-6-18-52(35)44(62)34(22-27-24-47-31-9-4-3-8-29(27)31)50-41(59)36-11-5-17-51(36)43(61)33(21-26-13-15-28(54)16-14-26)48-39(57)30(46)23-38(55)56/h3-4,8-9,13-16,24-25,30,32-37,47,54H,5-7,10-12,17-23,46H2,1-2H3,(H,48,57)(H,49,58)(H,50,59)(H,55,56)(H,63,64)/t30-,32-,33-,34-,35-,36-,37-/m0/s1. The van der Waals surface area contributed by atoms with Gasteiger partial charge in [-0.3, -0.25) is 33.6 Å². The quantitative estimate of drug-likeness (QED) is 0.0889. The number of nitrogens with one attached hydrogen (secondary N) is 4. The van der Waals surface area contributed by atoms with E-state index >= 15 is 0 Å². The number of carbonyl (C=O) groups is 8. The summed E-state index contributed by atoms with van der Waals surface area (Å²) < 4.78 is 0. The molecule has 2 aromatic carbocycles. The number of aromatic amines is 1. The number of phenols is 1. The molecule has 19 nitrogen and oxygen atoms in total. The van der Waals surface area contributed by atoms with Gasteiger partial charge in [0.15, 0.2) is 0 Å². The summed E-state index contributed by atoms with van der Waals surface area (Å²) in [6.45, 7) is 4.34. The normalized spacial score (nSPS) is 20.4. The highest BCUT2D eigenvalue weighted by Crippen LogP contribution is 2.26. The lowest BCUT2D eigenvalue weighted by Gasteiger charge is -2.33. The number of nitrogens with zero attached hydrogens (tertiary/aromatic N) is 3. The Kier molecular flexibility index (Phi) is 15.3. The third-order valence-electron chi connectivity index (χ3n) is 12.3. The molecule has 344 valence electrons. The van der Waals surface area contributed by atoms with Crippen molar-refractivity contribution in [3.05, 3.63) is 65.9 Å². The molecular weight excluding hydrogens is 829 g/mol. The second-order valence-corrected chi connectivity index (χ2v) is 17.4. The van der Waals surface area contributed by atoms with E-state index in [0.717, 1.165) is 10.9 Å². The summed E-state index contributed by atoms with van der Waals surface area (Å²) in [5, 5.41) is 38.0. The Morgan fingerprint density at radius 1 is 0.703 bits per heavy atom. The number of amides is 6. The summed E-state index contributed by atoms with van der Waals surface area (Å²) >= 11 is 0. The molecule has 64 heavy (non-hydrogen) atoms. The summed E-state index contributed by atoms with van der Waals surface area (Å²) in [4.78, 5) is 115. The molecular formula is C45H58N8O11. The Bertz CT molecular complexity index is 2230. The van der Waals surface area contributed by atoms with E-state index in [4.69, 9.17) is 5.73 Å². The number of carboxylic acids is 2. The molecule has 0 bridgehead atoms. The second-order valence-electron chi connectivity index (χ2n) is 17.4. The van der Waals surface area contributed by atoms with E-state index in [2.05, 4.69) is 20.9 Å². The predicted octanol–water partition coefficient (Wildman–Crippen LogP) is 1.02. The molecule has 0 saturated carbocycles. The fraction of sp³-hybridized carbons (Fsp3) is 0.511. The fourth-order valence-electron chi connectivity index (χ4n) is 9.07. The molecule has 3 fully saturated rings. The molecule has 3 aliphatic rings. The Balaban J connectivity index is 1.23. The number of likely N-dealkylation sites (tertiary alicyclic amines) is 3. The molecule has 0 aliphatic carbocycles. The SMILES string of the molecule is CC(C)C[C@H](NC(=O)[C@@H]1CCCN1C(=O)[C@H](Cc1c[nH]c2ccccc12)NC(=O)[C@@H]1CCCN1C(=O)[C@H](Cc1ccc(O)cc1)NC(=O)[C@@H](N)CC(=O)O)C(=O)N1CCC[C@H]1C(=O)O. The number of fused-ring (bicyclic) bond motifs is 1. The highest BCUT2D eigenvalue weighted by atomic mass is 16.4. The lowest BCUT2D eigenvalue weighted by molar-refractivity contribution is -0.150. The molecule has 19 heteroatoms. The maximum atomic E-state index is 14.8. The van der Waals surface area contributed by atoms with Crippen molar-refractivity contribution >= 4 is 58.3 Å². The van der Waals surface area contributed by atoms with Crippen LogP contribution in [0.2, 0.25) is 0 Å². The van der Waals surface area contributed by atoms with Crippen molar-refractivity contribution in [2.75, 3.05) is 19.6 Å². The molecule has 0 unspecified atom stereocenters. The molecule has 1 aromatic heterocycles. The third-order valence-corrected chi connectivity index (χ3v) is 12.3. The molecule has 0 radical (unpaired) electrons. The lowest BCUT2D eigenvalue weighted by Crippen LogP contribution is -2.60. The smallest absolute Gasteiger partial charge is 0.326 e.